The highest BCUT2D eigenvalue weighted by molar-refractivity contribution is 9.11. The van der Waals surface area contributed by atoms with Gasteiger partial charge in [-0.25, -0.2) is 5.43 Å². The molecule has 2 heterocycles. The van der Waals surface area contributed by atoms with E-state index in [-0.39, 0.29) is 11.8 Å². The van der Waals surface area contributed by atoms with Crippen LogP contribution in [0.1, 0.15) is 32.5 Å². The number of hydrazone groups is 1. The first-order valence-corrected chi connectivity index (χ1v) is 9.55. The Morgan fingerprint density at radius 1 is 1.04 bits per heavy atom. The number of hydrogen-bond acceptors (Lipinski definition) is 5. The van der Waals surface area contributed by atoms with E-state index >= 15 is 0 Å². The Morgan fingerprint density at radius 3 is 2.44 bits per heavy atom. The molecule has 1 aromatic carbocycles. The summed E-state index contributed by atoms with van der Waals surface area (Å²) in [5.41, 5.74) is 5.18. The van der Waals surface area contributed by atoms with Crippen molar-refractivity contribution < 1.29 is 9.59 Å². The fraction of sp³-hybridized carbons (Fsp3) is 0.0526. The summed E-state index contributed by atoms with van der Waals surface area (Å²) in [4.78, 5) is 28.7. The minimum atomic E-state index is -0.259. The molecule has 2 amide bonds. The van der Waals surface area contributed by atoms with Gasteiger partial charge in [0, 0.05) is 18.1 Å². The lowest BCUT2D eigenvalue weighted by molar-refractivity contribution is 0.0958. The molecule has 0 fully saturated rings. The van der Waals surface area contributed by atoms with E-state index in [0.717, 1.165) is 9.35 Å². The largest absolute Gasteiger partial charge is 0.322 e. The van der Waals surface area contributed by atoms with Crippen LogP contribution in [0, 0.1) is 0 Å². The van der Waals surface area contributed by atoms with E-state index in [1.807, 2.05) is 18.2 Å². The van der Waals surface area contributed by atoms with Crippen LogP contribution in [0.5, 0.6) is 0 Å². The summed E-state index contributed by atoms with van der Waals surface area (Å²) >= 11 is 4.66. The van der Waals surface area contributed by atoms with Crippen molar-refractivity contribution in [2.75, 3.05) is 5.32 Å². The second-order valence-electron chi connectivity index (χ2n) is 5.52. The highest BCUT2D eigenvalue weighted by Gasteiger charge is 2.08. The minimum Gasteiger partial charge on any atom is -0.322 e. The highest BCUT2D eigenvalue weighted by Crippen LogP contribution is 2.21. The number of carbonyl (C=O) groups excluding carboxylic acids is 2. The molecule has 136 valence electrons. The number of amides is 2. The number of rotatable bonds is 5. The highest BCUT2D eigenvalue weighted by atomic mass is 79.9. The Bertz CT molecular complexity index is 984. The molecule has 0 spiro atoms. The molecule has 0 aliphatic heterocycles. The van der Waals surface area contributed by atoms with Gasteiger partial charge in [-0.3, -0.25) is 14.6 Å². The molecule has 0 unspecified atom stereocenters. The van der Waals surface area contributed by atoms with Gasteiger partial charge in [0.1, 0.15) is 0 Å². The number of hydrogen-bond donors (Lipinski definition) is 2. The number of nitrogens with zero attached hydrogens (tertiary/aromatic N) is 2. The average molecular weight is 443 g/mol. The van der Waals surface area contributed by atoms with Crippen LogP contribution in [-0.2, 0) is 0 Å². The number of thiophene rings is 1. The SMILES string of the molecule is C/C(=N/NC(=O)c1ccc(Br)s1)c1ccc(NC(=O)c2cccnc2)cc1. The fourth-order valence-corrected chi connectivity index (χ4v) is 3.46. The summed E-state index contributed by atoms with van der Waals surface area (Å²) in [6, 6.07) is 14.2. The number of halogens is 1. The van der Waals surface area contributed by atoms with Gasteiger partial charge in [0.05, 0.1) is 19.9 Å². The standard InChI is InChI=1S/C19H15BrN4O2S/c1-12(23-24-19(26)16-8-9-17(20)27-16)13-4-6-15(7-5-13)22-18(25)14-3-2-10-21-11-14/h2-11H,1H3,(H,22,25)(H,24,26)/b23-12-. The fourth-order valence-electron chi connectivity index (χ4n) is 2.19. The molecule has 0 saturated heterocycles. The molecule has 0 saturated carbocycles. The number of pyridine rings is 1. The summed E-state index contributed by atoms with van der Waals surface area (Å²) in [5.74, 6) is -0.485. The van der Waals surface area contributed by atoms with Gasteiger partial charge in [-0.1, -0.05) is 12.1 Å². The van der Waals surface area contributed by atoms with E-state index in [2.05, 4.69) is 36.8 Å². The van der Waals surface area contributed by atoms with Crippen LogP contribution in [0.25, 0.3) is 0 Å². The Labute approximate surface area is 168 Å². The first kappa shape index (κ1) is 18.9. The molecule has 2 N–H and O–H groups in total. The first-order valence-electron chi connectivity index (χ1n) is 7.95. The molecule has 0 aliphatic carbocycles. The third-order valence-electron chi connectivity index (χ3n) is 3.61. The molecular weight excluding hydrogens is 428 g/mol. The van der Waals surface area contributed by atoms with Crippen molar-refractivity contribution in [1.82, 2.24) is 10.4 Å². The molecular formula is C19H15BrN4O2S. The predicted octanol–water partition coefficient (Wildman–Crippen LogP) is 4.31. The molecule has 6 nitrogen and oxygen atoms in total. The normalized spacial score (nSPS) is 11.1. The molecule has 8 heteroatoms. The van der Waals surface area contributed by atoms with Crippen molar-refractivity contribution in [2.24, 2.45) is 5.10 Å². The summed E-state index contributed by atoms with van der Waals surface area (Å²) in [6.45, 7) is 1.80. The van der Waals surface area contributed by atoms with Gasteiger partial charge in [0.2, 0.25) is 0 Å². The molecule has 0 aliphatic rings. The molecule has 2 aromatic heterocycles. The summed E-state index contributed by atoms with van der Waals surface area (Å²) < 4.78 is 0.886. The molecule has 0 atom stereocenters. The lowest BCUT2D eigenvalue weighted by Crippen LogP contribution is -2.18. The Kier molecular flexibility index (Phi) is 6.10. The van der Waals surface area contributed by atoms with Gasteiger partial charge in [-0.15, -0.1) is 11.3 Å². The van der Waals surface area contributed by atoms with Crippen LogP contribution >= 0.6 is 27.3 Å². The number of aromatic nitrogens is 1. The Hall–Kier alpha value is -2.84. The lowest BCUT2D eigenvalue weighted by atomic mass is 10.1. The van der Waals surface area contributed by atoms with Crippen molar-refractivity contribution in [1.29, 1.82) is 0 Å². The topological polar surface area (TPSA) is 83.5 Å². The number of carbonyl (C=O) groups is 2. The summed E-state index contributed by atoms with van der Waals surface area (Å²) in [7, 11) is 0. The monoisotopic (exact) mass is 442 g/mol. The van der Waals surface area contributed by atoms with Gasteiger partial charge >= 0.3 is 0 Å². The van der Waals surface area contributed by atoms with Crippen LogP contribution in [-0.4, -0.2) is 22.5 Å². The number of nitrogens with one attached hydrogen (secondary N) is 2. The quantitative estimate of drug-likeness (QED) is 0.455. The van der Waals surface area contributed by atoms with Gasteiger partial charge in [-0.2, -0.15) is 5.10 Å². The third-order valence-corrected chi connectivity index (χ3v) is 5.23. The van der Waals surface area contributed by atoms with E-state index in [9.17, 15) is 9.59 Å². The molecule has 0 radical (unpaired) electrons. The second kappa shape index (κ2) is 8.70. The van der Waals surface area contributed by atoms with Crippen molar-refractivity contribution >= 4 is 50.5 Å². The van der Waals surface area contributed by atoms with Gasteiger partial charge in [0.25, 0.3) is 11.8 Å². The number of benzene rings is 1. The second-order valence-corrected chi connectivity index (χ2v) is 7.98. The zero-order valence-electron chi connectivity index (χ0n) is 14.3. The van der Waals surface area contributed by atoms with Crippen LogP contribution in [0.2, 0.25) is 0 Å². The van der Waals surface area contributed by atoms with E-state index in [1.165, 1.54) is 17.5 Å². The molecule has 3 rings (SSSR count). The van der Waals surface area contributed by atoms with E-state index < -0.39 is 0 Å². The summed E-state index contributed by atoms with van der Waals surface area (Å²) in [6.07, 6.45) is 3.12. The zero-order chi connectivity index (χ0) is 19.2. The zero-order valence-corrected chi connectivity index (χ0v) is 16.7. The van der Waals surface area contributed by atoms with E-state index in [0.29, 0.717) is 21.8 Å². The van der Waals surface area contributed by atoms with Crippen LogP contribution in [0.3, 0.4) is 0 Å². The van der Waals surface area contributed by atoms with Crippen LogP contribution in [0.4, 0.5) is 5.69 Å². The van der Waals surface area contributed by atoms with Crippen molar-refractivity contribution in [3.05, 3.63) is 80.7 Å². The van der Waals surface area contributed by atoms with Gasteiger partial charge < -0.3 is 5.32 Å². The number of anilines is 1. The molecule has 3 aromatic rings. The summed E-state index contributed by atoms with van der Waals surface area (Å²) in [5, 5.41) is 6.94. The maximum absolute atomic E-state index is 12.1. The Morgan fingerprint density at radius 2 is 1.81 bits per heavy atom. The Balaban J connectivity index is 1.62. The minimum absolute atomic E-state index is 0.226. The lowest BCUT2D eigenvalue weighted by Gasteiger charge is -2.07. The van der Waals surface area contributed by atoms with E-state index in [4.69, 9.17) is 0 Å². The van der Waals surface area contributed by atoms with Crippen LogP contribution in [0.15, 0.2) is 69.8 Å². The molecule has 0 bridgehead atoms. The maximum atomic E-state index is 12.1. The predicted molar refractivity (Wildman–Crippen MR) is 110 cm³/mol. The van der Waals surface area contributed by atoms with Gasteiger partial charge in [-0.05, 0) is 64.8 Å². The molecule has 27 heavy (non-hydrogen) atoms. The smallest absolute Gasteiger partial charge is 0.281 e. The maximum Gasteiger partial charge on any atom is 0.281 e. The van der Waals surface area contributed by atoms with Crippen molar-refractivity contribution in [3.63, 3.8) is 0 Å². The van der Waals surface area contributed by atoms with E-state index in [1.54, 1.807) is 43.5 Å². The third kappa shape index (κ3) is 5.08. The van der Waals surface area contributed by atoms with Crippen LogP contribution < -0.4 is 10.7 Å². The van der Waals surface area contributed by atoms with Crippen molar-refractivity contribution in [2.45, 2.75) is 6.92 Å². The first-order chi connectivity index (χ1) is 13.0. The van der Waals surface area contributed by atoms with Gasteiger partial charge in [0.15, 0.2) is 0 Å². The van der Waals surface area contributed by atoms with Crippen molar-refractivity contribution in [3.8, 4) is 0 Å². The average Bonchev–Trinajstić information content (AvgIpc) is 3.13.